The van der Waals surface area contributed by atoms with Crippen molar-refractivity contribution in [2.45, 2.75) is 45.9 Å². The molecule has 0 amide bonds. The zero-order chi connectivity index (χ0) is 11.3. The SMILES string of the molecule is CCO[Si](OCC)(OC1CCO1)C(C)C. The summed E-state index contributed by atoms with van der Waals surface area (Å²) in [5.74, 6) is 0. The van der Waals surface area contributed by atoms with Gasteiger partial charge in [-0.3, -0.25) is 0 Å². The first-order valence-electron chi connectivity index (χ1n) is 5.72. The van der Waals surface area contributed by atoms with E-state index in [-0.39, 0.29) is 11.8 Å². The summed E-state index contributed by atoms with van der Waals surface area (Å²) < 4.78 is 22.7. The Morgan fingerprint density at radius 1 is 1.27 bits per heavy atom. The fraction of sp³-hybridized carbons (Fsp3) is 1.00. The van der Waals surface area contributed by atoms with Gasteiger partial charge in [0.05, 0.1) is 6.61 Å². The molecule has 0 aromatic heterocycles. The highest BCUT2D eigenvalue weighted by Gasteiger charge is 2.47. The molecule has 0 aromatic carbocycles. The van der Waals surface area contributed by atoms with Gasteiger partial charge in [0, 0.05) is 25.2 Å². The van der Waals surface area contributed by atoms with Crippen LogP contribution in [0, 0.1) is 0 Å². The van der Waals surface area contributed by atoms with Gasteiger partial charge in [-0.15, -0.1) is 0 Å². The third-order valence-corrected chi connectivity index (χ3v) is 5.74. The third-order valence-electron chi connectivity index (χ3n) is 2.35. The highest BCUT2D eigenvalue weighted by atomic mass is 28.4. The predicted molar refractivity (Wildman–Crippen MR) is 59.5 cm³/mol. The first-order chi connectivity index (χ1) is 7.14. The Bertz CT molecular complexity index is 176. The number of rotatable bonds is 7. The highest BCUT2D eigenvalue weighted by molar-refractivity contribution is 6.62. The van der Waals surface area contributed by atoms with E-state index in [1.165, 1.54) is 0 Å². The van der Waals surface area contributed by atoms with Crippen molar-refractivity contribution < 1.29 is 18.0 Å². The lowest BCUT2D eigenvalue weighted by molar-refractivity contribution is -0.192. The maximum Gasteiger partial charge on any atom is 0.505 e. The van der Waals surface area contributed by atoms with E-state index in [1.807, 2.05) is 13.8 Å². The molecule has 1 unspecified atom stereocenters. The van der Waals surface area contributed by atoms with E-state index in [4.69, 9.17) is 18.0 Å². The lowest BCUT2D eigenvalue weighted by Crippen LogP contribution is -2.53. The molecule has 1 saturated heterocycles. The van der Waals surface area contributed by atoms with Gasteiger partial charge < -0.3 is 18.0 Å². The fourth-order valence-electron chi connectivity index (χ4n) is 1.47. The summed E-state index contributed by atoms with van der Waals surface area (Å²) in [5.41, 5.74) is 0.265. The summed E-state index contributed by atoms with van der Waals surface area (Å²) in [4.78, 5) is 0. The van der Waals surface area contributed by atoms with Crippen molar-refractivity contribution in [1.82, 2.24) is 0 Å². The summed E-state index contributed by atoms with van der Waals surface area (Å²) in [5, 5.41) is 0. The van der Waals surface area contributed by atoms with Crippen LogP contribution in [0.5, 0.6) is 0 Å². The van der Waals surface area contributed by atoms with Gasteiger partial charge in [0.15, 0.2) is 6.29 Å². The first kappa shape index (κ1) is 13.1. The molecular weight excluding hydrogens is 212 g/mol. The van der Waals surface area contributed by atoms with Gasteiger partial charge in [0.25, 0.3) is 0 Å². The topological polar surface area (TPSA) is 36.9 Å². The second-order valence-corrected chi connectivity index (χ2v) is 7.01. The molecule has 0 spiro atoms. The zero-order valence-corrected chi connectivity index (χ0v) is 11.1. The van der Waals surface area contributed by atoms with E-state index < -0.39 is 8.80 Å². The van der Waals surface area contributed by atoms with Crippen LogP contribution in [0.15, 0.2) is 0 Å². The number of hydrogen-bond donors (Lipinski definition) is 0. The molecule has 0 aromatic rings. The van der Waals surface area contributed by atoms with Crippen molar-refractivity contribution in [3.05, 3.63) is 0 Å². The van der Waals surface area contributed by atoms with E-state index in [0.29, 0.717) is 13.2 Å². The Kier molecular flexibility index (Phi) is 5.21. The van der Waals surface area contributed by atoms with Gasteiger partial charge in [0.2, 0.25) is 0 Å². The smallest absolute Gasteiger partial charge is 0.374 e. The molecule has 1 rings (SSSR count). The molecule has 0 N–H and O–H groups in total. The van der Waals surface area contributed by atoms with E-state index >= 15 is 0 Å². The predicted octanol–water partition coefficient (Wildman–Crippen LogP) is 2.17. The molecule has 90 valence electrons. The Morgan fingerprint density at radius 3 is 2.07 bits per heavy atom. The molecule has 5 heteroatoms. The second kappa shape index (κ2) is 5.96. The van der Waals surface area contributed by atoms with Gasteiger partial charge in [0.1, 0.15) is 0 Å². The van der Waals surface area contributed by atoms with E-state index in [9.17, 15) is 0 Å². The van der Waals surface area contributed by atoms with Crippen molar-refractivity contribution in [3.8, 4) is 0 Å². The van der Waals surface area contributed by atoms with Crippen LogP contribution in [-0.2, 0) is 18.0 Å². The van der Waals surface area contributed by atoms with Crippen LogP contribution in [0.1, 0.15) is 34.1 Å². The third kappa shape index (κ3) is 3.25. The number of hydrogen-bond acceptors (Lipinski definition) is 4. The summed E-state index contributed by atoms with van der Waals surface area (Å²) in [6.07, 6.45) is 0.832. The molecular formula is C10H22O4Si. The molecule has 1 heterocycles. The van der Waals surface area contributed by atoms with Gasteiger partial charge >= 0.3 is 8.80 Å². The van der Waals surface area contributed by atoms with Crippen molar-refractivity contribution in [3.63, 3.8) is 0 Å². The monoisotopic (exact) mass is 234 g/mol. The normalized spacial score (nSPS) is 21.8. The van der Waals surface area contributed by atoms with Crippen molar-refractivity contribution in [2.24, 2.45) is 0 Å². The molecule has 0 bridgehead atoms. The van der Waals surface area contributed by atoms with Crippen LogP contribution in [0.25, 0.3) is 0 Å². The average Bonchev–Trinajstić information content (AvgIpc) is 2.11. The van der Waals surface area contributed by atoms with Crippen molar-refractivity contribution in [1.29, 1.82) is 0 Å². The summed E-state index contributed by atoms with van der Waals surface area (Å²) in [6, 6.07) is 0. The van der Waals surface area contributed by atoms with Crippen LogP contribution in [0.2, 0.25) is 5.54 Å². The number of ether oxygens (including phenoxy) is 1. The quantitative estimate of drug-likeness (QED) is 0.633. The Labute approximate surface area is 93.2 Å². The van der Waals surface area contributed by atoms with E-state index in [1.54, 1.807) is 0 Å². The molecule has 0 saturated carbocycles. The van der Waals surface area contributed by atoms with E-state index in [2.05, 4.69) is 13.8 Å². The Hall–Kier alpha value is 0.0569. The maximum atomic E-state index is 5.89. The fourth-order valence-corrected chi connectivity index (χ4v) is 3.99. The summed E-state index contributed by atoms with van der Waals surface area (Å²) >= 11 is 0. The lowest BCUT2D eigenvalue weighted by Gasteiger charge is -2.38. The molecule has 1 aliphatic heterocycles. The van der Waals surface area contributed by atoms with Gasteiger partial charge in [-0.1, -0.05) is 13.8 Å². The molecule has 0 aliphatic carbocycles. The van der Waals surface area contributed by atoms with Gasteiger partial charge in [-0.05, 0) is 13.8 Å². The van der Waals surface area contributed by atoms with Crippen LogP contribution < -0.4 is 0 Å². The maximum absolute atomic E-state index is 5.89. The van der Waals surface area contributed by atoms with Crippen LogP contribution in [0.3, 0.4) is 0 Å². The molecule has 0 radical (unpaired) electrons. The lowest BCUT2D eigenvalue weighted by atomic mass is 10.4. The molecule has 1 aliphatic rings. The van der Waals surface area contributed by atoms with Gasteiger partial charge in [-0.25, -0.2) is 0 Å². The van der Waals surface area contributed by atoms with Crippen molar-refractivity contribution >= 4 is 8.80 Å². The average molecular weight is 234 g/mol. The Balaban J connectivity index is 2.60. The summed E-state index contributed by atoms with van der Waals surface area (Å²) in [6.45, 7) is 10.1. The zero-order valence-electron chi connectivity index (χ0n) is 10.1. The van der Waals surface area contributed by atoms with E-state index in [0.717, 1.165) is 13.0 Å². The molecule has 1 fully saturated rings. The minimum atomic E-state index is -2.53. The molecule has 4 nitrogen and oxygen atoms in total. The second-order valence-electron chi connectivity index (χ2n) is 3.83. The Morgan fingerprint density at radius 2 is 1.80 bits per heavy atom. The minimum Gasteiger partial charge on any atom is -0.374 e. The molecule has 1 atom stereocenters. The van der Waals surface area contributed by atoms with Gasteiger partial charge in [-0.2, -0.15) is 0 Å². The van der Waals surface area contributed by atoms with Crippen LogP contribution in [-0.4, -0.2) is 34.9 Å². The van der Waals surface area contributed by atoms with Crippen LogP contribution in [0.4, 0.5) is 0 Å². The summed E-state index contributed by atoms with van der Waals surface area (Å²) in [7, 11) is -2.53. The highest BCUT2D eigenvalue weighted by Crippen LogP contribution is 2.29. The van der Waals surface area contributed by atoms with Crippen molar-refractivity contribution in [2.75, 3.05) is 19.8 Å². The minimum absolute atomic E-state index is 0.114. The standard InChI is InChI=1S/C10H22O4Si/c1-5-12-15(9(3)4,13-6-2)14-10-7-8-11-10/h9-10H,5-8H2,1-4H3. The largest absolute Gasteiger partial charge is 0.505 e. The first-order valence-corrected chi connectivity index (χ1v) is 7.52. The van der Waals surface area contributed by atoms with Crippen LogP contribution >= 0.6 is 0 Å². The molecule has 15 heavy (non-hydrogen) atoms.